The van der Waals surface area contributed by atoms with Crippen LogP contribution in [-0.4, -0.2) is 17.5 Å². The van der Waals surface area contributed by atoms with Crippen molar-refractivity contribution in [1.82, 2.24) is 5.43 Å². The summed E-state index contributed by atoms with van der Waals surface area (Å²) in [4.78, 5) is 24.4. The molecule has 0 aromatic heterocycles. The van der Waals surface area contributed by atoms with Gasteiger partial charge in [0.15, 0.2) is 0 Å². The maximum atomic E-state index is 12.3. The van der Waals surface area contributed by atoms with Crippen LogP contribution in [0.4, 0.5) is 5.69 Å². The first-order valence-electron chi connectivity index (χ1n) is 8.96. The Morgan fingerprint density at radius 1 is 0.931 bits per heavy atom. The van der Waals surface area contributed by atoms with Crippen LogP contribution in [0.3, 0.4) is 0 Å². The quantitative estimate of drug-likeness (QED) is 0.418. The normalized spacial score (nSPS) is 11.3. The molecule has 0 aliphatic carbocycles. The van der Waals surface area contributed by atoms with Crippen molar-refractivity contribution in [3.05, 3.63) is 76.3 Å². The van der Waals surface area contributed by atoms with Gasteiger partial charge in [0.2, 0.25) is 11.8 Å². The largest absolute Gasteiger partial charge is 0.326 e. The molecule has 29 heavy (non-hydrogen) atoms. The molecule has 0 atom stereocenters. The van der Waals surface area contributed by atoms with Crippen LogP contribution in [0.15, 0.2) is 65.8 Å². The molecule has 0 radical (unpaired) electrons. The predicted octanol–water partition coefficient (Wildman–Crippen LogP) is 5.21. The molecule has 3 rings (SSSR count). The maximum Gasteiger partial charge on any atom is 0.244 e. The summed E-state index contributed by atoms with van der Waals surface area (Å²) in [6, 6.07) is 18.6. The predicted molar refractivity (Wildman–Crippen MR) is 119 cm³/mol. The molecule has 7 heteroatoms. The molecule has 0 saturated carbocycles. The van der Waals surface area contributed by atoms with Gasteiger partial charge in [-0.05, 0) is 41.5 Å². The highest BCUT2D eigenvalue weighted by Crippen LogP contribution is 2.25. The lowest BCUT2D eigenvalue weighted by Crippen LogP contribution is -2.23. The molecule has 3 aromatic rings. The Kier molecular flexibility index (Phi) is 6.86. The molecule has 0 fully saturated rings. The minimum atomic E-state index is -0.270. The van der Waals surface area contributed by atoms with Gasteiger partial charge in [-0.25, -0.2) is 5.43 Å². The first-order valence-corrected chi connectivity index (χ1v) is 9.71. The fraction of sp³-hybridized carbons (Fsp3) is 0.136. The van der Waals surface area contributed by atoms with E-state index in [9.17, 15) is 9.59 Å². The van der Waals surface area contributed by atoms with Crippen LogP contribution in [0, 0.1) is 0 Å². The Morgan fingerprint density at radius 2 is 1.69 bits per heavy atom. The third-order valence-electron chi connectivity index (χ3n) is 4.22. The summed E-state index contributed by atoms with van der Waals surface area (Å²) in [6.45, 7) is 1.67. The second kappa shape index (κ2) is 9.54. The van der Waals surface area contributed by atoms with Crippen molar-refractivity contribution in [1.29, 1.82) is 0 Å². The van der Waals surface area contributed by atoms with Crippen LogP contribution in [0.25, 0.3) is 10.8 Å². The highest BCUT2D eigenvalue weighted by molar-refractivity contribution is 6.42. The molecule has 0 unspecified atom stereocenters. The highest BCUT2D eigenvalue weighted by Gasteiger charge is 2.09. The molecule has 0 bridgehead atoms. The van der Waals surface area contributed by atoms with Crippen LogP contribution in [0.1, 0.15) is 18.9 Å². The number of carbonyl (C=O) groups excluding carboxylic acids is 2. The SMILES string of the molecule is C/C(CC(=O)Nc1ccc(Cl)c(Cl)c1)=N/NC(=O)Cc1cccc2ccccc12. The molecule has 3 aromatic carbocycles. The molecule has 0 saturated heterocycles. The average Bonchev–Trinajstić information content (AvgIpc) is 2.69. The monoisotopic (exact) mass is 427 g/mol. The molecule has 2 N–H and O–H groups in total. The summed E-state index contributed by atoms with van der Waals surface area (Å²) in [5.41, 5.74) is 4.45. The van der Waals surface area contributed by atoms with Crippen LogP contribution < -0.4 is 10.7 Å². The molecule has 0 aliphatic rings. The van der Waals surface area contributed by atoms with E-state index < -0.39 is 0 Å². The Morgan fingerprint density at radius 3 is 2.48 bits per heavy atom. The van der Waals surface area contributed by atoms with Crippen LogP contribution in [-0.2, 0) is 16.0 Å². The van der Waals surface area contributed by atoms with Crippen LogP contribution in [0.5, 0.6) is 0 Å². The number of hydrogen-bond acceptors (Lipinski definition) is 3. The topological polar surface area (TPSA) is 70.6 Å². The van der Waals surface area contributed by atoms with E-state index in [0.717, 1.165) is 16.3 Å². The Hall–Kier alpha value is -2.89. The number of hydrogen-bond donors (Lipinski definition) is 2. The molecule has 5 nitrogen and oxygen atoms in total. The minimum absolute atomic E-state index is 0.0365. The molecular weight excluding hydrogens is 409 g/mol. The van der Waals surface area contributed by atoms with Gasteiger partial charge in [0.05, 0.1) is 22.9 Å². The molecule has 0 aliphatic heterocycles. The van der Waals surface area contributed by atoms with E-state index in [4.69, 9.17) is 23.2 Å². The lowest BCUT2D eigenvalue weighted by atomic mass is 10.0. The lowest BCUT2D eigenvalue weighted by Gasteiger charge is -2.07. The van der Waals surface area contributed by atoms with E-state index in [0.29, 0.717) is 21.4 Å². The van der Waals surface area contributed by atoms with Gasteiger partial charge in [-0.3, -0.25) is 9.59 Å². The Bertz CT molecular complexity index is 1090. The number of nitrogens with one attached hydrogen (secondary N) is 2. The van der Waals surface area contributed by atoms with E-state index in [2.05, 4.69) is 15.8 Å². The summed E-state index contributed by atoms with van der Waals surface area (Å²) < 4.78 is 0. The van der Waals surface area contributed by atoms with Gasteiger partial charge in [-0.15, -0.1) is 0 Å². The molecule has 148 valence electrons. The zero-order valence-electron chi connectivity index (χ0n) is 15.7. The number of hydrazone groups is 1. The summed E-state index contributed by atoms with van der Waals surface area (Å²) in [6.07, 6.45) is 0.238. The van der Waals surface area contributed by atoms with Crippen molar-refractivity contribution in [2.75, 3.05) is 5.32 Å². The number of benzene rings is 3. The van der Waals surface area contributed by atoms with E-state index in [-0.39, 0.29) is 24.7 Å². The summed E-state index contributed by atoms with van der Waals surface area (Å²) >= 11 is 11.8. The molecule has 0 heterocycles. The van der Waals surface area contributed by atoms with Gasteiger partial charge in [0, 0.05) is 11.4 Å². The summed E-state index contributed by atoms with van der Waals surface area (Å²) in [5, 5.41) is 9.62. The van der Waals surface area contributed by atoms with E-state index in [1.807, 2.05) is 42.5 Å². The van der Waals surface area contributed by atoms with Gasteiger partial charge >= 0.3 is 0 Å². The zero-order chi connectivity index (χ0) is 20.8. The minimum Gasteiger partial charge on any atom is -0.326 e. The number of nitrogens with zero attached hydrogens (tertiary/aromatic N) is 1. The van der Waals surface area contributed by atoms with Gasteiger partial charge in [0.1, 0.15) is 0 Å². The summed E-state index contributed by atoms with van der Waals surface area (Å²) in [5.74, 6) is -0.515. The van der Waals surface area contributed by atoms with Gasteiger partial charge in [-0.1, -0.05) is 65.7 Å². The third-order valence-corrected chi connectivity index (χ3v) is 4.96. The first kappa shape index (κ1) is 20.8. The number of fused-ring (bicyclic) bond motifs is 1. The van der Waals surface area contributed by atoms with E-state index in [1.54, 1.807) is 25.1 Å². The average molecular weight is 428 g/mol. The standard InChI is InChI=1S/C22H19Cl2N3O2/c1-14(11-21(28)25-17-9-10-19(23)20(24)13-17)26-27-22(29)12-16-7-4-6-15-5-2-3-8-18(15)16/h2-10,13H,11-12H2,1H3,(H,25,28)(H,27,29)/b26-14-. The molecule has 2 amide bonds. The number of amides is 2. The maximum absolute atomic E-state index is 12.3. The van der Waals surface area contributed by atoms with E-state index in [1.165, 1.54) is 0 Å². The lowest BCUT2D eigenvalue weighted by molar-refractivity contribution is -0.120. The van der Waals surface area contributed by atoms with Gasteiger partial charge in [-0.2, -0.15) is 5.10 Å². The number of halogens is 2. The van der Waals surface area contributed by atoms with Crippen molar-refractivity contribution in [2.45, 2.75) is 19.8 Å². The van der Waals surface area contributed by atoms with Crippen molar-refractivity contribution in [3.63, 3.8) is 0 Å². The number of rotatable bonds is 6. The first-order chi connectivity index (χ1) is 13.9. The second-order valence-corrected chi connectivity index (χ2v) is 7.37. The van der Waals surface area contributed by atoms with Gasteiger partial charge in [0.25, 0.3) is 0 Å². The Balaban J connectivity index is 1.55. The summed E-state index contributed by atoms with van der Waals surface area (Å²) in [7, 11) is 0. The fourth-order valence-electron chi connectivity index (χ4n) is 2.87. The van der Waals surface area contributed by atoms with Crippen molar-refractivity contribution in [2.24, 2.45) is 5.10 Å². The number of carbonyl (C=O) groups is 2. The van der Waals surface area contributed by atoms with Gasteiger partial charge < -0.3 is 5.32 Å². The van der Waals surface area contributed by atoms with Crippen molar-refractivity contribution in [3.8, 4) is 0 Å². The second-order valence-electron chi connectivity index (χ2n) is 6.55. The molecule has 0 spiro atoms. The molecular formula is C22H19Cl2N3O2. The van der Waals surface area contributed by atoms with Crippen LogP contribution in [0.2, 0.25) is 10.0 Å². The van der Waals surface area contributed by atoms with Crippen molar-refractivity contribution < 1.29 is 9.59 Å². The highest BCUT2D eigenvalue weighted by atomic mass is 35.5. The fourth-order valence-corrected chi connectivity index (χ4v) is 3.17. The third kappa shape index (κ3) is 5.79. The smallest absolute Gasteiger partial charge is 0.244 e. The zero-order valence-corrected chi connectivity index (χ0v) is 17.2. The van der Waals surface area contributed by atoms with E-state index >= 15 is 0 Å². The Labute approximate surface area is 178 Å². The van der Waals surface area contributed by atoms with Crippen molar-refractivity contribution >= 4 is 57.2 Å². The van der Waals surface area contributed by atoms with Crippen LogP contribution >= 0.6 is 23.2 Å². The number of anilines is 1.